The normalized spacial score (nSPS) is 10.4. The van der Waals surface area contributed by atoms with Crippen molar-refractivity contribution < 1.29 is 10.0 Å². The molecule has 0 atom stereocenters. The van der Waals surface area contributed by atoms with Crippen molar-refractivity contribution >= 4 is 23.0 Å². The Hall–Kier alpha value is -2.11. The third-order valence-corrected chi connectivity index (χ3v) is 3.45. The van der Waals surface area contributed by atoms with Gasteiger partial charge in [0.2, 0.25) is 0 Å². The first-order valence-electron chi connectivity index (χ1n) is 6.46. The van der Waals surface area contributed by atoms with Crippen molar-refractivity contribution in [3.05, 3.63) is 68.7 Å². The highest BCUT2D eigenvalue weighted by Crippen LogP contribution is 2.23. The molecule has 0 aromatic heterocycles. The van der Waals surface area contributed by atoms with Crippen molar-refractivity contribution in [1.29, 1.82) is 0 Å². The Labute approximate surface area is 127 Å². The average molecular weight is 307 g/mol. The molecule has 0 aliphatic rings. The molecule has 0 spiro atoms. The Bertz CT molecular complexity index is 629. The number of nitrogens with zero attached hydrogens (tertiary/aromatic N) is 1. The summed E-state index contributed by atoms with van der Waals surface area (Å²) in [6.45, 7) is 0.524. The quantitative estimate of drug-likeness (QED) is 0.633. The van der Waals surface area contributed by atoms with Crippen LogP contribution in [0.3, 0.4) is 0 Å². The lowest BCUT2D eigenvalue weighted by molar-refractivity contribution is -0.384. The molecule has 6 heteroatoms. The van der Waals surface area contributed by atoms with Crippen molar-refractivity contribution in [2.24, 2.45) is 0 Å². The minimum atomic E-state index is -0.441. The minimum absolute atomic E-state index is 0.0227. The Morgan fingerprint density at radius 2 is 1.90 bits per heavy atom. The van der Waals surface area contributed by atoms with Crippen LogP contribution in [0.5, 0.6) is 0 Å². The molecule has 0 amide bonds. The summed E-state index contributed by atoms with van der Waals surface area (Å²) in [5.41, 5.74) is 2.63. The van der Waals surface area contributed by atoms with Gasteiger partial charge in [-0.15, -0.1) is 0 Å². The van der Waals surface area contributed by atoms with Gasteiger partial charge in [0, 0.05) is 36.0 Å². The highest BCUT2D eigenvalue weighted by Gasteiger charge is 2.09. The number of aliphatic hydroxyl groups excluding tert-OH is 1. The van der Waals surface area contributed by atoms with Gasteiger partial charge >= 0.3 is 0 Å². The molecule has 2 N–H and O–H groups in total. The summed E-state index contributed by atoms with van der Waals surface area (Å²) < 4.78 is 0. The Morgan fingerprint density at radius 1 is 1.19 bits per heavy atom. The van der Waals surface area contributed by atoms with Crippen molar-refractivity contribution in [2.75, 3.05) is 11.9 Å². The molecule has 5 nitrogen and oxygen atoms in total. The number of anilines is 1. The van der Waals surface area contributed by atoms with Crippen LogP contribution in [0.1, 0.15) is 11.1 Å². The minimum Gasteiger partial charge on any atom is -0.396 e. The average Bonchev–Trinajstić information content (AvgIpc) is 2.48. The molecule has 2 aromatic carbocycles. The SMILES string of the molecule is O=[N+]([O-])c1ccc(Cl)c(CNc2ccc(CCO)cc2)c1. The van der Waals surface area contributed by atoms with Gasteiger partial charge in [0.1, 0.15) is 0 Å². The van der Waals surface area contributed by atoms with E-state index in [9.17, 15) is 10.1 Å². The molecule has 0 fully saturated rings. The first kappa shape index (κ1) is 15.3. The van der Waals surface area contributed by atoms with E-state index in [0.717, 1.165) is 11.3 Å². The van der Waals surface area contributed by atoms with Crippen molar-refractivity contribution in [3.63, 3.8) is 0 Å². The smallest absolute Gasteiger partial charge is 0.269 e. The van der Waals surface area contributed by atoms with Crippen molar-refractivity contribution in [3.8, 4) is 0 Å². The highest BCUT2D eigenvalue weighted by atomic mass is 35.5. The third-order valence-electron chi connectivity index (χ3n) is 3.08. The predicted octanol–water partition coefficient (Wildman–Crippen LogP) is 3.40. The molecule has 0 unspecified atom stereocenters. The van der Waals surface area contributed by atoms with Gasteiger partial charge in [-0.05, 0) is 35.7 Å². The fourth-order valence-electron chi connectivity index (χ4n) is 1.93. The van der Waals surface area contributed by atoms with Crippen LogP contribution in [0.2, 0.25) is 5.02 Å². The van der Waals surface area contributed by atoms with Crippen LogP contribution in [-0.2, 0) is 13.0 Å². The molecule has 0 heterocycles. The predicted molar refractivity (Wildman–Crippen MR) is 82.7 cm³/mol. The number of halogens is 1. The molecule has 0 saturated heterocycles. The second kappa shape index (κ2) is 7.06. The molecule has 21 heavy (non-hydrogen) atoms. The van der Waals surface area contributed by atoms with E-state index in [4.69, 9.17) is 16.7 Å². The van der Waals surface area contributed by atoms with Crippen LogP contribution in [-0.4, -0.2) is 16.6 Å². The molecule has 0 radical (unpaired) electrons. The van der Waals surface area contributed by atoms with Crippen LogP contribution in [0.15, 0.2) is 42.5 Å². The van der Waals surface area contributed by atoms with E-state index in [1.54, 1.807) is 0 Å². The topological polar surface area (TPSA) is 75.4 Å². The summed E-state index contributed by atoms with van der Waals surface area (Å²) in [5.74, 6) is 0. The maximum absolute atomic E-state index is 10.8. The molecule has 110 valence electrons. The maximum Gasteiger partial charge on any atom is 0.269 e. The molecule has 0 aliphatic heterocycles. The summed E-state index contributed by atoms with van der Waals surface area (Å²) in [5, 5.41) is 23.3. The van der Waals surface area contributed by atoms with Crippen LogP contribution in [0.25, 0.3) is 0 Å². The molecular weight excluding hydrogens is 292 g/mol. The zero-order valence-electron chi connectivity index (χ0n) is 11.3. The van der Waals surface area contributed by atoms with Gasteiger partial charge < -0.3 is 10.4 Å². The van der Waals surface area contributed by atoms with E-state index in [-0.39, 0.29) is 12.3 Å². The summed E-state index contributed by atoms with van der Waals surface area (Å²) >= 11 is 6.04. The summed E-state index contributed by atoms with van der Waals surface area (Å²) in [6.07, 6.45) is 0.622. The van der Waals surface area contributed by atoms with Crippen molar-refractivity contribution in [1.82, 2.24) is 0 Å². The second-order valence-corrected chi connectivity index (χ2v) is 4.96. The monoisotopic (exact) mass is 306 g/mol. The summed E-state index contributed by atoms with van der Waals surface area (Å²) in [6, 6.07) is 12.0. The number of hydrogen-bond donors (Lipinski definition) is 2. The third kappa shape index (κ3) is 4.18. The molecule has 2 rings (SSSR count). The lowest BCUT2D eigenvalue weighted by Crippen LogP contribution is -2.01. The van der Waals surface area contributed by atoms with Gasteiger partial charge in [-0.1, -0.05) is 23.7 Å². The lowest BCUT2D eigenvalue weighted by Gasteiger charge is -2.09. The van der Waals surface area contributed by atoms with Crippen molar-refractivity contribution in [2.45, 2.75) is 13.0 Å². The largest absolute Gasteiger partial charge is 0.396 e. The van der Waals surface area contributed by atoms with Gasteiger partial charge in [0.15, 0.2) is 0 Å². The highest BCUT2D eigenvalue weighted by molar-refractivity contribution is 6.31. The number of nitrogens with one attached hydrogen (secondary N) is 1. The van der Waals surface area contributed by atoms with E-state index in [1.807, 2.05) is 24.3 Å². The van der Waals surface area contributed by atoms with E-state index in [2.05, 4.69) is 5.32 Å². The second-order valence-electron chi connectivity index (χ2n) is 4.56. The van der Waals surface area contributed by atoms with Gasteiger partial charge in [0.05, 0.1) is 4.92 Å². The Kier molecular flexibility index (Phi) is 5.14. The van der Waals surface area contributed by atoms with Crippen LogP contribution in [0.4, 0.5) is 11.4 Å². The van der Waals surface area contributed by atoms with E-state index >= 15 is 0 Å². The Balaban J connectivity index is 2.05. The van der Waals surface area contributed by atoms with Crippen LogP contribution in [0, 0.1) is 10.1 Å². The molecule has 0 saturated carbocycles. The summed E-state index contributed by atoms with van der Waals surface area (Å²) in [4.78, 5) is 10.3. The molecular formula is C15H15ClN2O3. The zero-order chi connectivity index (χ0) is 15.2. The van der Waals surface area contributed by atoms with E-state index < -0.39 is 4.92 Å². The number of rotatable bonds is 6. The van der Waals surface area contributed by atoms with Crippen LogP contribution < -0.4 is 5.32 Å². The number of nitro groups is 1. The van der Waals surface area contributed by atoms with Gasteiger partial charge in [-0.25, -0.2) is 0 Å². The first-order valence-corrected chi connectivity index (χ1v) is 6.84. The van der Waals surface area contributed by atoms with Crippen LogP contribution >= 0.6 is 11.6 Å². The van der Waals surface area contributed by atoms with Gasteiger partial charge in [0.25, 0.3) is 5.69 Å². The molecule has 2 aromatic rings. The maximum atomic E-state index is 10.8. The number of nitro benzene ring substituents is 1. The first-order chi connectivity index (χ1) is 10.1. The number of hydrogen-bond acceptors (Lipinski definition) is 4. The van der Waals surface area contributed by atoms with E-state index in [0.29, 0.717) is 23.6 Å². The van der Waals surface area contributed by atoms with E-state index in [1.165, 1.54) is 18.2 Å². The zero-order valence-corrected chi connectivity index (χ0v) is 12.0. The lowest BCUT2D eigenvalue weighted by atomic mass is 10.1. The number of non-ortho nitro benzene ring substituents is 1. The standard InChI is InChI=1S/C15H15ClN2O3/c16-15-6-5-14(18(20)21)9-12(15)10-17-13-3-1-11(2-4-13)7-8-19/h1-6,9,17,19H,7-8,10H2. The fraction of sp³-hybridized carbons (Fsp3) is 0.200. The van der Waals surface area contributed by atoms with Gasteiger partial charge in [-0.3, -0.25) is 10.1 Å². The Morgan fingerprint density at radius 3 is 2.52 bits per heavy atom. The number of benzene rings is 2. The van der Waals surface area contributed by atoms with Gasteiger partial charge in [-0.2, -0.15) is 0 Å². The summed E-state index contributed by atoms with van der Waals surface area (Å²) in [7, 11) is 0. The fourth-order valence-corrected chi connectivity index (χ4v) is 2.11. The molecule has 0 aliphatic carbocycles. The number of aliphatic hydroxyl groups is 1. The molecule has 0 bridgehead atoms.